The second-order valence-electron chi connectivity index (χ2n) is 7.51. The lowest BCUT2D eigenvalue weighted by molar-refractivity contribution is 0.102. The van der Waals surface area contributed by atoms with Crippen molar-refractivity contribution in [2.45, 2.75) is 20.8 Å². The molecule has 5 nitrogen and oxygen atoms in total. The zero-order chi connectivity index (χ0) is 21.8. The van der Waals surface area contributed by atoms with E-state index in [9.17, 15) is 4.79 Å². The van der Waals surface area contributed by atoms with Gasteiger partial charge in [0.2, 0.25) is 0 Å². The first-order valence-electron chi connectivity index (χ1n) is 10.1. The largest absolute Gasteiger partial charge is 0.340 e. The molecule has 0 bridgehead atoms. The molecule has 2 N–H and O–H groups in total. The van der Waals surface area contributed by atoms with Crippen molar-refractivity contribution in [1.82, 2.24) is 9.97 Å². The van der Waals surface area contributed by atoms with Gasteiger partial charge in [-0.1, -0.05) is 42.5 Å². The number of nitrogens with one attached hydrogen (secondary N) is 2. The molecule has 4 aromatic rings. The molecule has 0 saturated carbocycles. The van der Waals surface area contributed by atoms with E-state index in [1.807, 2.05) is 93.6 Å². The van der Waals surface area contributed by atoms with Crippen molar-refractivity contribution in [3.8, 4) is 11.3 Å². The van der Waals surface area contributed by atoms with E-state index in [0.717, 1.165) is 28.2 Å². The Morgan fingerprint density at radius 3 is 2.32 bits per heavy atom. The van der Waals surface area contributed by atoms with Crippen LogP contribution in [0, 0.1) is 20.8 Å². The first kappa shape index (κ1) is 20.3. The highest BCUT2D eigenvalue weighted by Gasteiger charge is 2.09. The summed E-state index contributed by atoms with van der Waals surface area (Å²) in [5.74, 6) is 1.20. The van der Waals surface area contributed by atoms with Gasteiger partial charge in [-0.3, -0.25) is 4.79 Å². The van der Waals surface area contributed by atoms with Crippen molar-refractivity contribution >= 4 is 23.1 Å². The summed E-state index contributed by atoms with van der Waals surface area (Å²) in [5.41, 5.74) is 6.34. The molecule has 5 heteroatoms. The van der Waals surface area contributed by atoms with E-state index < -0.39 is 0 Å². The third-order valence-electron chi connectivity index (χ3n) is 5.07. The fraction of sp³-hybridized carbons (Fsp3) is 0.115. The van der Waals surface area contributed by atoms with Gasteiger partial charge in [-0.05, 0) is 62.2 Å². The van der Waals surface area contributed by atoms with Crippen LogP contribution in [0.25, 0.3) is 11.3 Å². The average Bonchev–Trinajstić information content (AvgIpc) is 2.77. The number of hydrogen-bond donors (Lipinski definition) is 2. The average molecular weight is 409 g/mol. The van der Waals surface area contributed by atoms with Gasteiger partial charge in [0.1, 0.15) is 11.6 Å². The van der Waals surface area contributed by atoms with Crippen LogP contribution < -0.4 is 10.6 Å². The minimum absolute atomic E-state index is 0.157. The minimum Gasteiger partial charge on any atom is -0.340 e. The Morgan fingerprint density at radius 2 is 1.55 bits per heavy atom. The molecular formula is C26H24N4O. The van der Waals surface area contributed by atoms with Gasteiger partial charge in [-0.25, -0.2) is 9.97 Å². The van der Waals surface area contributed by atoms with Gasteiger partial charge in [0.15, 0.2) is 0 Å². The lowest BCUT2D eigenvalue weighted by Gasteiger charge is -2.11. The molecule has 1 heterocycles. The Morgan fingerprint density at radius 1 is 0.742 bits per heavy atom. The molecule has 0 aliphatic carbocycles. The molecule has 0 radical (unpaired) electrons. The number of rotatable bonds is 5. The number of amides is 1. The van der Waals surface area contributed by atoms with Crippen molar-refractivity contribution in [1.29, 1.82) is 0 Å². The Labute approximate surface area is 182 Å². The highest BCUT2D eigenvalue weighted by atomic mass is 16.1. The number of hydrogen-bond acceptors (Lipinski definition) is 4. The maximum absolute atomic E-state index is 12.7. The van der Waals surface area contributed by atoms with E-state index in [0.29, 0.717) is 17.2 Å². The molecule has 154 valence electrons. The number of aromatic nitrogens is 2. The summed E-state index contributed by atoms with van der Waals surface area (Å²) in [5, 5.41) is 6.26. The van der Waals surface area contributed by atoms with E-state index in [1.165, 1.54) is 5.56 Å². The van der Waals surface area contributed by atoms with Gasteiger partial charge in [-0.2, -0.15) is 0 Å². The molecule has 4 rings (SSSR count). The van der Waals surface area contributed by atoms with E-state index in [4.69, 9.17) is 0 Å². The lowest BCUT2D eigenvalue weighted by atomic mass is 10.1. The van der Waals surface area contributed by atoms with Gasteiger partial charge in [-0.15, -0.1) is 0 Å². The van der Waals surface area contributed by atoms with E-state index >= 15 is 0 Å². The van der Waals surface area contributed by atoms with E-state index in [-0.39, 0.29) is 5.91 Å². The first-order valence-corrected chi connectivity index (χ1v) is 10.1. The highest BCUT2D eigenvalue weighted by molar-refractivity contribution is 6.04. The molecule has 1 aromatic heterocycles. The molecule has 31 heavy (non-hydrogen) atoms. The Kier molecular flexibility index (Phi) is 5.76. The second-order valence-corrected chi connectivity index (χ2v) is 7.51. The van der Waals surface area contributed by atoms with Crippen LogP contribution in [-0.4, -0.2) is 15.9 Å². The second kappa shape index (κ2) is 8.79. The third-order valence-corrected chi connectivity index (χ3v) is 5.07. The molecular weight excluding hydrogens is 384 g/mol. The SMILES string of the molecule is Cc1nc(Nc2cccc(C(=O)Nc3ccc(C)c(C)c3)c2)cc(-c2ccccc2)n1. The summed E-state index contributed by atoms with van der Waals surface area (Å²) in [6.45, 7) is 5.95. The summed E-state index contributed by atoms with van der Waals surface area (Å²) in [7, 11) is 0. The number of carbonyl (C=O) groups is 1. The van der Waals surface area contributed by atoms with E-state index in [2.05, 4.69) is 20.6 Å². The monoisotopic (exact) mass is 408 g/mol. The molecule has 0 fully saturated rings. The van der Waals surface area contributed by atoms with Crippen LogP contribution in [0.15, 0.2) is 78.9 Å². The Balaban J connectivity index is 1.54. The van der Waals surface area contributed by atoms with Gasteiger partial charge in [0, 0.05) is 28.6 Å². The summed E-state index contributed by atoms with van der Waals surface area (Å²) in [6.07, 6.45) is 0. The molecule has 0 saturated heterocycles. The summed E-state index contributed by atoms with van der Waals surface area (Å²) in [6, 6.07) is 25.2. The van der Waals surface area contributed by atoms with Crippen molar-refractivity contribution < 1.29 is 4.79 Å². The van der Waals surface area contributed by atoms with Crippen LogP contribution in [0.3, 0.4) is 0 Å². The van der Waals surface area contributed by atoms with Crippen LogP contribution in [0.1, 0.15) is 27.3 Å². The van der Waals surface area contributed by atoms with Crippen LogP contribution in [0.2, 0.25) is 0 Å². The lowest BCUT2D eigenvalue weighted by Crippen LogP contribution is -2.12. The van der Waals surface area contributed by atoms with Gasteiger partial charge < -0.3 is 10.6 Å². The van der Waals surface area contributed by atoms with Crippen molar-refractivity contribution in [2.75, 3.05) is 10.6 Å². The molecule has 0 atom stereocenters. The van der Waals surface area contributed by atoms with Crippen molar-refractivity contribution in [3.05, 3.63) is 101 Å². The Hall–Kier alpha value is -3.99. The zero-order valence-electron chi connectivity index (χ0n) is 17.8. The van der Waals surface area contributed by atoms with Crippen LogP contribution in [0.5, 0.6) is 0 Å². The smallest absolute Gasteiger partial charge is 0.255 e. The number of carbonyl (C=O) groups excluding carboxylic acids is 1. The zero-order valence-corrected chi connectivity index (χ0v) is 17.8. The quantitative estimate of drug-likeness (QED) is 0.421. The molecule has 1 amide bonds. The van der Waals surface area contributed by atoms with Gasteiger partial charge >= 0.3 is 0 Å². The van der Waals surface area contributed by atoms with Gasteiger partial charge in [0.05, 0.1) is 5.69 Å². The predicted molar refractivity (Wildman–Crippen MR) is 126 cm³/mol. The van der Waals surface area contributed by atoms with Gasteiger partial charge in [0.25, 0.3) is 5.91 Å². The fourth-order valence-corrected chi connectivity index (χ4v) is 3.30. The number of nitrogens with zero attached hydrogens (tertiary/aromatic N) is 2. The molecule has 0 spiro atoms. The third kappa shape index (κ3) is 4.95. The molecule has 0 aliphatic heterocycles. The maximum Gasteiger partial charge on any atom is 0.255 e. The van der Waals surface area contributed by atoms with Crippen molar-refractivity contribution in [2.24, 2.45) is 0 Å². The summed E-state index contributed by atoms with van der Waals surface area (Å²) in [4.78, 5) is 21.8. The first-order chi connectivity index (χ1) is 15.0. The topological polar surface area (TPSA) is 66.9 Å². The number of benzene rings is 3. The minimum atomic E-state index is -0.157. The Bertz CT molecular complexity index is 1240. The summed E-state index contributed by atoms with van der Waals surface area (Å²) >= 11 is 0. The molecule has 0 unspecified atom stereocenters. The highest BCUT2D eigenvalue weighted by Crippen LogP contribution is 2.23. The summed E-state index contributed by atoms with van der Waals surface area (Å²) < 4.78 is 0. The van der Waals surface area contributed by atoms with Crippen LogP contribution >= 0.6 is 0 Å². The van der Waals surface area contributed by atoms with Crippen LogP contribution in [-0.2, 0) is 0 Å². The molecule has 0 aliphatic rings. The van der Waals surface area contributed by atoms with Crippen molar-refractivity contribution in [3.63, 3.8) is 0 Å². The predicted octanol–water partition coefficient (Wildman–Crippen LogP) is 6.06. The number of anilines is 3. The maximum atomic E-state index is 12.7. The number of aryl methyl sites for hydroxylation is 3. The standard InChI is InChI=1S/C26H24N4O/c1-17-12-13-23(14-18(17)2)30-26(31)21-10-7-11-22(15-21)29-25-16-24(27-19(3)28-25)20-8-5-4-6-9-20/h4-16H,1-3H3,(H,30,31)(H,27,28,29). The normalized spacial score (nSPS) is 10.5. The molecule has 3 aromatic carbocycles. The fourth-order valence-electron chi connectivity index (χ4n) is 3.30. The van der Waals surface area contributed by atoms with Crippen LogP contribution in [0.4, 0.5) is 17.2 Å². The van der Waals surface area contributed by atoms with E-state index in [1.54, 1.807) is 6.07 Å².